The van der Waals surface area contributed by atoms with Gasteiger partial charge in [0.2, 0.25) is 0 Å². The van der Waals surface area contributed by atoms with Crippen molar-refractivity contribution in [1.82, 2.24) is 0 Å². The van der Waals surface area contributed by atoms with Gasteiger partial charge in [0.05, 0.1) is 11.6 Å². The van der Waals surface area contributed by atoms with Crippen molar-refractivity contribution in [1.29, 1.82) is 5.26 Å². The standard InChI is InChI=1S/C8H5BBrF3N.K/c10-8-2-1-6(4-9(11,12)13)7(3-8)5-14;/h1-3H,4H2;/q-1;+1. The van der Waals surface area contributed by atoms with Gasteiger partial charge in [0.1, 0.15) is 0 Å². The van der Waals surface area contributed by atoms with Crippen molar-refractivity contribution in [2.45, 2.75) is 6.32 Å². The van der Waals surface area contributed by atoms with Crippen LogP contribution >= 0.6 is 15.9 Å². The predicted molar refractivity (Wildman–Crippen MR) is 51.6 cm³/mol. The zero-order valence-corrected chi connectivity index (χ0v) is 12.7. The number of hydrogen-bond acceptors (Lipinski definition) is 1. The summed E-state index contributed by atoms with van der Waals surface area (Å²) in [5.74, 6) is 0. The van der Waals surface area contributed by atoms with Gasteiger partial charge in [0.15, 0.2) is 0 Å². The summed E-state index contributed by atoms with van der Waals surface area (Å²) >= 11 is 3.09. The van der Waals surface area contributed by atoms with E-state index in [2.05, 4.69) is 15.9 Å². The van der Waals surface area contributed by atoms with Crippen LogP contribution in [0.15, 0.2) is 22.7 Å². The van der Waals surface area contributed by atoms with E-state index in [0.29, 0.717) is 4.47 Å². The smallest absolute Gasteiger partial charge is 0.449 e. The zero-order valence-electron chi connectivity index (χ0n) is 7.98. The molecule has 15 heavy (non-hydrogen) atoms. The molecule has 1 rings (SSSR count). The Balaban J connectivity index is 0.00000196. The van der Waals surface area contributed by atoms with Crippen LogP contribution in [0.2, 0.25) is 0 Å². The molecule has 1 aromatic carbocycles. The molecule has 0 spiro atoms. The third-order valence-electron chi connectivity index (χ3n) is 1.64. The maximum atomic E-state index is 12.1. The Bertz CT molecular complexity index is 388. The van der Waals surface area contributed by atoms with Crippen molar-refractivity contribution < 1.29 is 64.3 Å². The van der Waals surface area contributed by atoms with Crippen molar-refractivity contribution in [2.75, 3.05) is 0 Å². The van der Waals surface area contributed by atoms with Gasteiger partial charge in [-0.25, -0.2) is 0 Å². The van der Waals surface area contributed by atoms with Gasteiger partial charge in [0.25, 0.3) is 0 Å². The van der Waals surface area contributed by atoms with E-state index in [0.717, 1.165) is 0 Å². The molecular formula is C8H5BBrF3KN. The van der Waals surface area contributed by atoms with E-state index in [1.807, 2.05) is 0 Å². The van der Waals surface area contributed by atoms with Gasteiger partial charge in [-0.3, -0.25) is 0 Å². The molecule has 0 amide bonds. The Hall–Kier alpha value is 0.681. The van der Waals surface area contributed by atoms with Gasteiger partial charge < -0.3 is 12.9 Å². The Morgan fingerprint density at radius 2 is 1.93 bits per heavy atom. The number of rotatable bonds is 2. The van der Waals surface area contributed by atoms with E-state index in [9.17, 15) is 12.9 Å². The fourth-order valence-corrected chi connectivity index (χ4v) is 1.44. The Labute approximate surface area is 137 Å². The summed E-state index contributed by atoms with van der Waals surface area (Å²) < 4.78 is 36.9. The van der Waals surface area contributed by atoms with Crippen LogP contribution in [0.4, 0.5) is 12.9 Å². The van der Waals surface area contributed by atoms with E-state index < -0.39 is 13.3 Å². The molecule has 0 aliphatic rings. The van der Waals surface area contributed by atoms with Crippen molar-refractivity contribution >= 4 is 22.9 Å². The Morgan fingerprint density at radius 3 is 2.40 bits per heavy atom. The molecule has 1 aromatic rings. The van der Waals surface area contributed by atoms with Crippen LogP contribution in [0.1, 0.15) is 11.1 Å². The van der Waals surface area contributed by atoms with Crippen LogP contribution in [0.5, 0.6) is 0 Å². The molecule has 0 radical (unpaired) electrons. The molecule has 0 saturated heterocycles. The second-order valence-corrected chi connectivity index (χ2v) is 3.74. The minimum atomic E-state index is -4.89. The van der Waals surface area contributed by atoms with Crippen LogP contribution in [-0.4, -0.2) is 6.98 Å². The summed E-state index contributed by atoms with van der Waals surface area (Å²) in [6, 6.07) is 5.94. The fourth-order valence-electron chi connectivity index (χ4n) is 1.08. The molecular weight excluding hydrogens is 297 g/mol. The Kier molecular flexibility index (Phi) is 6.72. The molecule has 0 saturated carbocycles. The SMILES string of the molecule is N#Cc1cc(Br)ccc1C[B-](F)(F)F.[K+]. The average Bonchev–Trinajstić information content (AvgIpc) is 2.06. The molecule has 0 bridgehead atoms. The van der Waals surface area contributed by atoms with E-state index in [1.165, 1.54) is 18.2 Å². The van der Waals surface area contributed by atoms with E-state index in [-0.39, 0.29) is 62.5 Å². The van der Waals surface area contributed by atoms with Crippen molar-refractivity contribution in [2.24, 2.45) is 0 Å². The molecule has 0 unspecified atom stereocenters. The first-order valence-corrected chi connectivity index (χ1v) is 4.61. The second-order valence-electron chi connectivity index (χ2n) is 2.83. The van der Waals surface area contributed by atoms with Gasteiger partial charge in [-0.1, -0.05) is 33.9 Å². The van der Waals surface area contributed by atoms with E-state index in [1.54, 1.807) is 6.07 Å². The molecule has 0 N–H and O–H groups in total. The molecule has 0 heterocycles. The van der Waals surface area contributed by atoms with Gasteiger partial charge in [-0.15, -0.1) is 0 Å². The molecule has 1 nitrogen and oxygen atoms in total. The second kappa shape index (κ2) is 6.42. The van der Waals surface area contributed by atoms with Crippen LogP contribution in [0.25, 0.3) is 0 Å². The average molecular weight is 302 g/mol. The number of benzene rings is 1. The summed E-state index contributed by atoms with van der Waals surface area (Å²) in [6.07, 6.45) is -1.00. The number of halogens is 4. The van der Waals surface area contributed by atoms with Gasteiger partial charge in [0, 0.05) is 4.47 Å². The number of nitriles is 1. The van der Waals surface area contributed by atoms with Gasteiger partial charge >= 0.3 is 58.4 Å². The molecule has 0 atom stereocenters. The maximum Gasteiger partial charge on any atom is 1.00 e. The summed E-state index contributed by atoms with van der Waals surface area (Å²) in [7, 11) is 0. The van der Waals surface area contributed by atoms with E-state index >= 15 is 0 Å². The minimum Gasteiger partial charge on any atom is -0.449 e. The molecule has 0 aliphatic carbocycles. The van der Waals surface area contributed by atoms with Crippen molar-refractivity contribution in [3.63, 3.8) is 0 Å². The van der Waals surface area contributed by atoms with Crippen LogP contribution in [0.3, 0.4) is 0 Å². The first kappa shape index (κ1) is 15.7. The topological polar surface area (TPSA) is 23.8 Å². The first-order chi connectivity index (χ1) is 6.42. The molecule has 0 fully saturated rings. The molecule has 7 heteroatoms. The third-order valence-corrected chi connectivity index (χ3v) is 2.14. The summed E-state index contributed by atoms with van der Waals surface area (Å²) in [5, 5.41) is 8.61. The van der Waals surface area contributed by atoms with Crippen LogP contribution in [0, 0.1) is 11.3 Å². The van der Waals surface area contributed by atoms with E-state index in [4.69, 9.17) is 5.26 Å². The van der Waals surface area contributed by atoms with Gasteiger partial charge in [-0.2, -0.15) is 5.26 Å². The Morgan fingerprint density at radius 1 is 1.33 bits per heavy atom. The quantitative estimate of drug-likeness (QED) is 0.719. The molecule has 0 aromatic heterocycles. The zero-order chi connectivity index (χ0) is 10.8. The van der Waals surface area contributed by atoms with Gasteiger partial charge in [-0.05, 0) is 12.1 Å². The predicted octanol–water partition coefficient (Wildman–Crippen LogP) is 0.254. The minimum absolute atomic E-state index is 0. The van der Waals surface area contributed by atoms with Crippen LogP contribution in [-0.2, 0) is 6.32 Å². The van der Waals surface area contributed by atoms with Crippen molar-refractivity contribution in [3.8, 4) is 6.07 Å². The fraction of sp³-hybridized carbons (Fsp3) is 0.125. The summed E-state index contributed by atoms with van der Waals surface area (Å²) in [4.78, 5) is 0. The maximum absolute atomic E-state index is 12.1. The molecule has 0 aliphatic heterocycles. The number of hydrogen-bond donors (Lipinski definition) is 0. The molecule has 74 valence electrons. The third kappa shape index (κ3) is 5.52. The summed E-state index contributed by atoms with van der Waals surface area (Å²) in [6.45, 7) is -4.89. The number of nitrogens with zero attached hydrogens (tertiary/aromatic N) is 1. The normalized spacial score (nSPS) is 10.3. The largest absolute Gasteiger partial charge is 1.00 e. The van der Waals surface area contributed by atoms with Crippen LogP contribution < -0.4 is 51.4 Å². The first-order valence-electron chi connectivity index (χ1n) is 3.82. The van der Waals surface area contributed by atoms with Crippen molar-refractivity contribution in [3.05, 3.63) is 33.8 Å². The monoisotopic (exact) mass is 301 g/mol. The summed E-state index contributed by atoms with van der Waals surface area (Å²) in [5.41, 5.74) is 0.0989.